The van der Waals surface area contributed by atoms with Gasteiger partial charge in [0, 0.05) is 30.4 Å². The minimum atomic E-state index is -0.371. The van der Waals surface area contributed by atoms with Crippen molar-refractivity contribution in [3.05, 3.63) is 12.4 Å². The third-order valence-electron chi connectivity index (χ3n) is 1.67. The van der Waals surface area contributed by atoms with Gasteiger partial charge in [-0.2, -0.15) is 5.10 Å². The molecule has 1 aromatic rings. The van der Waals surface area contributed by atoms with Gasteiger partial charge in [-0.05, 0) is 6.42 Å². The molecule has 4 nitrogen and oxygen atoms in total. The minimum absolute atomic E-state index is 0.341. The number of aliphatic hydroxyl groups is 1. The third kappa shape index (κ3) is 3.80. The van der Waals surface area contributed by atoms with Gasteiger partial charge in [0.2, 0.25) is 0 Å². The zero-order valence-electron chi connectivity index (χ0n) is 7.68. The summed E-state index contributed by atoms with van der Waals surface area (Å²) in [7, 11) is 1.89. The summed E-state index contributed by atoms with van der Waals surface area (Å²) in [5, 5.41) is 13.2. The van der Waals surface area contributed by atoms with Crippen LogP contribution < -0.4 is 5.73 Å². The fourth-order valence-corrected chi connectivity index (χ4v) is 1.88. The lowest BCUT2D eigenvalue weighted by molar-refractivity contribution is 0.180. The van der Waals surface area contributed by atoms with Crippen molar-refractivity contribution in [3.63, 3.8) is 0 Å². The van der Waals surface area contributed by atoms with Crippen molar-refractivity contribution in [2.24, 2.45) is 12.8 Å². The highest BCUT2D eigenvalue weighted by molar-refractivity contribution is 7.99. The van der Waals surface area contributed by atoms with Gasteiger partial charge in [-0.15, -0.1) is 11.8 Å². The van der Waals surface area contributed by atoms with Crippen LogP contribution in [0, 0.1) is 0 Å². The number of hydrogen-bond acceptors (Lipinski definition) is 4. The molecule has 0 saturated heterocycles. The summed E-state index contributed by atoms with van der Waals surface area (Å²) >= 11 is 1.69. The first-order valence-corrected chi connectivity index (χ1v) is 5.20. The molecule has 13 heavy (non-hydrogen) atoms. The number of nitrogens with zero attached hydrogens (tertiary/aromatic N) is 2. The normalized spacial score (nSPS) is 13.2. The third-order valence-corrected chi connectivity index (χ3v) is 2.66. The van der Waals surface area contributed by atoms with Crippen LogP contribution >= 0.6 is 11.8 Å². The Morgan fingerprint density at radius 2 is 2.54 bits per heavy atom. The number of thioether (sulfide) groups is 1. The fourth-order valence-electron chi connectivity index (χ4n) is 0.904. The first-order chi connectivity index (χ1) is 6.22. The van der Waals surface area contributed by atoms with Gasteiger partial charge in [-0.1, -0.05) is 0 Å². The van der Waals surface area contributed by atoms with Crippen LogP contribution in [0.15, 0.2) is 17.3 Å². The van der Waals surface area contributed by atoms with Gasteiger partial charge in [-0.25, -0.2) is 0 Å². The molecule has 1 rings (SSSR count). The molecule has 0 aliphatic carbocycles. The largest absolute Gasteiger partial charge is 0.392 e. The van der Waals surface area contributed by atoms with Crippen molar-refractivity contribution in [2.45, 2.75) is 17.4 Å². The van der Waals surface area contributed by atoms with Crippen LogP contribution in [0.25, 0.3) is 0 Å². The van der Waals surface area contributed by atoms with Gasteiger partial charge in [-0.3, -0.25) is 4.68 Å². The van der Waals surface area contributed by atoms with Crippen LogP contribution in [0.2, 0.25) is 0 Å². The average molecular weight is 201 g/mol. The zero-order valence-corrected chi connectivity index (χ0v) is 8.50. The van der Waals surface area contributed by atoms with Crippen LogP contribution in [0.1, 0.15) is 6.42 Å². The monoisotopic (exact) mass is 201 g/mol. The topological polar surface area (TPSA) is 64.1 Å². The smallest absolute Gasteiger partial charge is 0.0670 e. The minimum Gasteiger partial charge on any atom is -0.392 e. The van der Waals surface area contributed by atoms with Crippen molar-refractivity contribution in [2.75, 3.05) is 12.3 Å². The first-order valence-electron chi connectivity index (χ1n) is 4.22. The maximum Gasteiger partial charge on any atom is 0.0670 e. The van der Waals surface area contributed by atoms with Crippen molar-refractivity contribution in [1.82, 2.24) is 9.78 Å². The molecule has 74 valence electrons. The van der Waals surface area contributed by atoms with Crippen molar-refractivity contribution in [1.29, 1.82) is 0 Å². The standard InChI is InChI=1S/C8H15N3OS/c1-11-6-8(5-10-11)13-3-2-7(12)4-9/h5-7,12H,2-4,9H2,1H3. The van der Waals surface area contributed by atoms with E-state index in [4.69, 9.17) is 5.73 Å². The van der Waals surface area contributed by atoms with Crippen LogP contribution in [-0.2, 0) is 7.05 Å². The molecule has 5 heteroatoms. The predicted molar refractivity (Wildman–Crippen MR) is 53.6 cm³/mol. The van der Waals surface area contributed by atoms with E-state index in [1.165, 1.54) is 0 Å². The number of rotatable bonds is 5. The summed E-state index contributed by atoms with van der Waals surface area (Å²) in [6.07, 6.45) is 4.14. The molecule has 0 amide bonds. The Bertz CT molecular complexity index is 251. The summed E-state index contributed by atoms with van der Waals surface area (Å²) in [5.74, 6) is 0.879. The Morgan fingerprint density at radius 1 is 1.77 bits per heavy atom. The van der Waals surface area contributed by atoms with Crippen molar-refractivity contribution < 1.29 is 5.11 Å². The summed E-state index contributed by atoms with van der Waals surface area (Å²) in [4.78, 5) is 1.13. The van der Waals surface area contributed by atoms with Crippen molar-refractivity contribution in [3.8, 4) is 0 Å². The van der Waals surface area contributed by atoms with Gasteiger partial charge in [0.25, 0.3) is 0 Å². The molecular weight excluding hydrogens is 186 g/mol. The van der Waals surface area contributed by atoms with Crippen LogP contribution in [0.3, 0.4) is 0 Å². The van der Waals surface area contributed by atoms with E-state index in [0.717, 1.165) is 17.1 Å². The second-order valence-electron chi connectivity index (χ2n) is 2.88. The maximum atomic E-state index is 9.18. The van der Waals surface area contributed by atoms with E-state index in [9.17, 15) is 5.11 Å². The molecule has 0 saturated carbocycles. The Morgan fingerprint density at radius 3 is 3.08 bits per heavy atom. The summed E-state index contributed by atoms with van der Waals surface area (Å²) in [6, 6.07) is 0. The Kier molecular flexibility index (Phi) is 4.27. The van der Waals surface area contributed by atoms with Crippen LogP contribution in [0.4, 0.5) is 0 Å². The maximum absolute atomic E-state index is 9.18. The quantitative estimate of drug-likeness (QED) is 0.669. The lowest BCUT2D eigenvalue weighted by Gasteiger charge is -2.05. The lowest BCUT2D eigenvalue weighted by atomic mass is 10.3. The molecule has 0 aliphatic rings. The highest BCUT2D eigenvalue weighted by Crippen LogP contribution is 2.17. The molecule has 3 N–H and O–H groups in total. The molecule has 0 radical (unpaired) electrons. The Labute approximate surface area is 82.1 Å². The number of hydrogen-bond donors (Lipinski definition) is 2. The highest BCUT2D eigenvalue weighted by atomic mass is 32.2. The lowest BCUT2D eigenvalue weighted by Crippen LogP contribution is -2.19. The summed E-state index contributed by atoms with van der Waals surface area (Å²) in [6.45, 7) is 0.341. The Hall–Kier alpha value is -0.520. The molecular formula is C8H15N3OS. The van der Waals surface area contributed by atoms with E-state index in [1.807, 2.05) is 19.4 Å². The Balaban J connectivity index is 2.20. The molecule has 1 heterocycles. The molecule has 0 aromatic carbocycles. The van der Waals surface area contributed by atoms with E-state index in [0.29, 0.717) is 6.54 Å². The van der Waals surface area contributed by atoms with Gasteiger partial charge in [0.05, 0.1) is 12.3 Å². The predicted octanol–water partition coefficient (Wildman–Crippen LogP) is 0.222. The number of aliphatic hydroxyl groups excluding tert-OH is 1. The SMILES string of the molecule is Cn1cc(SCCC(O)CN)cn1. The number of nitrogens with two attached hydrogens (primary N) is 1. The summed E-state index contributed by atoms with van der Waals surface area (Å²) < 4.78 is 1.77. The fraction of sp³-hybridized carbons (Fsp3) is 0.625. The number of aromatic nitrogens is 2. The van der Waals surface area contributed by atoms with Gasteiger partial charge in [0.1, 0.15) is 0 Å². The van der Waals surface area contributed by atoms with E-state index in [2.05, 4.69) is 5.10 Å². The first kappa shape index (κ1) is 10.6. The molecule has 0 spiro atoms. The molecule has 1 aromatic heterocycles. The highest BCUT2D eigenvalue weighted by Gasteiger charge is 2.02. The zero-order chi connectivity index (χ0) is 9.68. The molecule has 1 atom stereocenters. The van der Waals surface area contributed by atoms with Crippen LogP contribution in [-0.4, -0.2) is 33.3 Å². The molecule has 0 fully saturated rings. The van der Waals surface area contributed by atoms with Crippen LogP contribution in [0.5, 0.6) is 0 Å². The summed E-state index contributed by atoms with van der Waals surface area (Å²) in [5.41, 5.74) is 5.28. The van der Waals surface area contributed by atoms with Gasteiger partial charge in [0.15, 0.2) is 0 Å². The van der Waals surface area contributed by atoms with Crippen molar-refractivity contribution >= 4 is 11.8 Å². The second-order valence-corrected chi connectivity index (χ2v) is 4.04. The molecule has 0 bridgehead atoms. The van der Waals surface area contributed by atoms with E-state index < -0.39 is 0 Å². The van der Waals surface area contributed by atoms with E-state index in [-0.39, 0.29) is 6.10 Å². The molecule has 0 aliphatic heterocycles. The average Bonchev–Trinajstić information content (AvgIpc) is 2.51. The van der Waals surface area contributed by atoms with Gasteiger partial charge < -0.3 is 10.8 Å². The second kappa shape index (κ2) is 5.26. The van der Waals surface area contributed by atoms with E-state index >= 15 is 0 Å². The number of aryl methyl sites for hydroxylation is 1. The molecule has 1 unspecified atom stereocenters. The van der Waals surface area contributed by atoms with E-state index in [1.54, 1.807) is 16.4 Å². The van der Waals surface area contributed by atoms with Gasteiger partial charge >= 0.3 is 0 Å².